The number of carboxylic acids is 2. The number of benzene rings is 2. The molecular weight excluding hydrogens is 406 g/mol. The van der Waals surface area contributed by atoms with Gasteiger partial charge in [-0.1, -0.05) is 30.3 Å². The number of pyridine rings is 1. The summed E-state index contributed by atoms with van der Waals surface area (Å²) in [5.74, 6) is -3.65. The van der Waals surface area contributed by atoms with Crippen molar-refractivity contribution in [3.05, 3.63) is 78.1 Å². The molecule has 0 unspecified atom stereocenters. The molecule has 0 amide bonds. The van der Waals surface area contributed by atoms with E-state index < -0.39 is 11.9 Å². The predicted molar refractivity (Wildman–Crippen MR) is 125 cm³/mol. The van der Waals surface area contributed by atoms with Crippen LogP contribution in [-0.2, 0) is 29.1 Å². The van der Waals surface area contributed by atoms with E-state index in [0.29, 0.717) is 0 Å². The number of hydrogen-bond acceptors (Lipinski definition) is 4. The highest BCUT2D eigenvalue weighted by Crippen LogP contribution is 2.29. The summed E-state index contributed by atoms with van der Waals surface area (Å²) in [6.45, 7) is 5.17. The molecule has 0 spiro atoms. The summed E-state index contributed by atoms with van der Waals surface area (Å²) in [6, 6.07) is 21.7. The van der Waals surface area contributed by atoms with Gasteiger partial charge in [0.1, 0.15) is 0 Å². The zero-order valence-electron chi connectivity index (χ0n) is 18.2. The van der Waals surface area contributed by atoms with E-state index in [1.165, 1.54) is 27.4 Å². The van der Waals surface area contributed by atoms with Crippen molar-refractivity contribution in [3.8, 4) is 0 Å². The third-order valence-corrected chi connectivity index (χ3v) is 5.26. The highest BCUT2D eigenvalue weighted by molar-refractivity contribution is 6.27. The molecule has 166 valence electrons. The Bertz CT molecular complexity index is 1210. The van der Waals surface area contributed by atoms with E-state index >= 15 is 0 Å². The van der Waals surface area contributed by atoms with Crippen LogP contribution in [0.4, 0.5) is 0 Å². The van der Waals surface area contributed by atoms with Gasteiger partial charge in [-0.05, 0) is 49.9 Å². The zero-order chi connectivity index (χ0) is 23.1. The molecule has 0 bridgehead atoms. The lowest BCUT2D eigenvalue weighted by Gasteiger charge is -2.16. The molecule has 4 aromatic rings. The van der Waals surface area contributed by atoms with Gasteiger partial charge in [-0.15, -0.1) is 0 Å². The molecule has 0 aliphatic rings. The van der Waals surface area contributed by atoms with Crippen molar-refractivity contribution >= 4 is 33.7 Å². The van der Waals surface area contributed by atoms with Crippen LogP contribution >= 0.6 is 0 Å². The Morgan fingerprint density at radius 3 is 2.28 bits per heavy atom. The SMILES string of the molecule is CCn1c2ccccc2c2cc(CN(C)CCc3ccccn3)ccc21.O=C(O)C(=O)O. The van der Waals surface area contributed by atoms with Gasteiger partial charge in [-0.3, -0.25) is 4.98 Å². The van der Waals surface area contributed by atoms with Gasteiger partial charge < -0.3 is 19.7 Å². The topological polar surface area (TPSA) is 95.7 Å². The van der Waals surface area contributed by atoms with Crippen LogP contribution < -0.4 is 0 Å². The van der Waals surface area contributed by atoms with Crippen molar-refractivity contribution in [2.75, 3.05) is 13.6 Å². The van der Waals surface area contributed by atoms with Crippen molar-refractivity contribution in [2.24, 2.45) is 0 Å². The Hall–Kier alpha value is -3.71. The summed E-state index contributed by atoms with van der Waals surface area (Å²) >= 11 is 0. The lowest BCUT2D eigenvalue weighted by Crippen LogP contribution is -2.21. The molecule has 0 saturated heterocycles. The smallest absolute Gasteiger partial charge is 0.414 e. The van der Waals surface area contributed by atoms with Gasteiger partial charge in [0.15, 0.2) is 0 Å². The standard InChI is InChI=1S/C23H25N3.C2H2O4/c1-3-26-22-10-5-4-9-20(22)21-16-18(11-12-23(21)26)17-25(2)15-13-19-8-6-7-14-24-19;3-1(4)2(5)6/h4-12,14,16H,3,13,15,17H2,1-2H3;(H,3,4)(H,5,6). The number of likely N-dealkylation sites (N-methyl/N-ethyl adjacent to an activating group) is 1. The van der Waals surface area contributed by atoms with Crippen molar-refractivity contribution in [1.29, 1.82) is 0 Å². The fraction of sp³-hybridized carbons (Fsp3) is 0.240. The minimum Gasteiger partial charge on any atom is -0.473 e. The van der Waals surface area contributed by atoms with E-state index in [0.717, 1.165) is 31.7 Å². The first-order chi connectivity index (χ1) is 15.4. The molecule has 2 heterocycles. The lowest BCUT2D eigenvalue weighted by atomic mass is 10.1. The summed E-state index contributed by atoms with van der Waals surface area (Å²) < 4.78 is 2.40. The van der Waals surface area contributed by atoms with Crippen LogP contribution in [0.25, 0.3) is 21.8 Å². The molecule has 0 saturated carbocycles. The number of hydrogen-bond donors (Lipinski definition) is 2. The molecule has 32 heavy (non-hydrogen) atoms. The van der Waals surface area contributed by atoms with Crippen LogP contribution in [-0.4, -0.2) is 50.2 Å². The second-order valence-electron chi connectivity index (χ2n) is 7.53. The predicted octanol–water partition coefficient (Wildman–Crippen LogP) is 4.04. The fourth-order valence-corrected chi connectivity index (χ4v) is 3.78. The fourth-order valence-electron chi connectivity index (χ4n) is 3.78. The van der Waals surface area contributed by atoms with E-state index in [-0.39, 0.29) is 0 Å². The van der Waals surface area contributed by atoms with Crippen LogP contribution in [0, 0.1) is 0 Å². The lowest BCUT2D eigenvalue weighted by molar-refractivity contribution is -0.159. The Balaban J connectivity index is 0.000000427. The number of aryl methyl sites for hydroxylation is 1. The Kier molecular flexibility index (Phi) is 7.57. The largest absolute Gasteiger partial charge is 0.473 e. The van der Waals surface area contributed by atoms with E-state index in [9.17, 15) is 0 Å². The molecule has 0 atom stereocenters. The number of fused-ring (bicyclic) bond motifs is 3. The summed E-state index contributed by atoms with van der Waals surface area (Å²) in [6.07, 6.45) is 2.85. The van der Waals surface area contributed by atoms with Crippen LogP contribution in [0.1, 0.15) is 18.2 Å². The number of para-hydroxylation sites is 1. The highest BCUT2D eigenvalue weighted by Gasteiger charge is 2.10. The maximum absolute atomic E-state index is 9.10. The molecule has 0 radical (unpaired) electrons. The average Bonchev–Trinajstić information content (AvgIpc) is 3.12. The zero-order valence-corrected chi connectivity index (χ0v) is 18.2. The minimum atomic E-state index is -1.82. The van der Waals surface area contributed by atoms with Crippen LogP contribution in [0.2, 0.25) is 0 Å². The first-order valence-corrected chi connectivity index (χ1v) is 10.4. The summed E-state index contributed by atoms with van der Waals surface area (Å²) in [5.41, 5.74) is 5.17. The maximum Gasteiger partial charge on any atom is 0.414 e. The van der Waals surface area contributed by atoms with Crippen molar-refractivity contribution in [1.82, 2.24) is 14.5 Å². The summed E-state index contributed by atoms with van der Waals surface area (Å²) in [4.78, 5) is 25.0. The van der Waals surface area contributed by atoms with Crippen LogP contribution in [0.3, 0.4) is 0 Å². The second-order valence-corrected chi connectivity index (χ2v) is 7.53. The number of rotatable bonds is 6. The molecule has 7 heteroatoms. The number of nitrogens with zero attached hydrogens (tertiary/aromatic N) is 3. The average molecular weight is 434 g/mol. The van der Waals surface area contributed by atoms with E-state index in [4.69, 9.17) is 19.8 Å². The molecule has 7 nitrogen and oxygen atoms in total. The van der Waals surface area contributed by atoms with E-state index in [2.05, 4.69) is 83.0 Å². The van der Waals surface area contributed by atoms with Gasteiger partial charge in [-0.2, -0.15) is 0 Å². The van der Waals surface area contributed by atoms with Crippen molar-refractivity contribution in [2.45, 2.75) is 26.4 Å². The molecule has 4 rings (SSSR count). The molecule has 2 aromatic carbocycles. The van der Waals surface area contributed by atoms with Crippen LogP contribution in [0.5, 0.6) is 0 Å². The van der Waals surface area contributed by atoms with Crippen molar-refractivity contribution in [3.63, 3.8) is 0 Å². The quantitative estimate of drug-likeness (QED) is 0.446. The number of carboxylic acid groups (broad SMARTS) is 2. The van der Waals surface area contributed by atoms with Gasteiger partial charge in [-0.25, -0.2) is 9.59 Å². The molecular formula is C25H27N3O4. The van der Waals surface area contributed by atoms with Gasteiger partial charge in [0.2, 0.25) is 0 Å². The Labute approximate surface area is 186 Å². The number of carbonyl (C=O) groups is 2. The highest BCUT2D eigenvalue weighted by atomic mass is 16.4. The number of aliphatic carboxylic acids is 2. The Morgan fingerprint density at radius 2 is 1.62 bits per heavy atom. The molecule has 2 N–H and O–H groups in total. The normalized spacial score (nSPS) is 10.8. The summed E-state index contributed by atoms with van der Waals surface area (Å²) in [5, 5.41) is 17.5. The molecule has 0 fully saturated rings. The third kappa shape index (κ3) is 5.50. The third-order valence-electron chi connectivity index (χ3n) is 5.26. The number of aromatic nitrogens is 2. The minimum absolute atomic E-state index is 0.953. The van der Waals surface area contributed by atoms with Gasteiger partial charge >= 0.3 is 11.9 Å². The monoisotopic (exact) mass is 433 g/mol. The van der Waals surface area contributed by atoms with Gasteiger partial charge in [0, 0.05) is 59.8 Å². The first kappa shape index (κ1) is 23.0. The molecule has 2 aromatic heterocycles. The van der Waals surface area contributed by atoms with E-state index in [1.807, 2.05) is 12.3 Å². The molecule has 0 aliphatic carbocycles. The van der Waals surface area contributed by atoms with Gasteiger partial charge in [0.25, 0.3) is 0 Å². The second kappa shape index (κ2) is 10.5. The maximum atomic E-state index is 9.10. The van der Waals surface area contributed by atoms with Crippen LogP contribution in [0.15, 0.2) is 66.9 Å². The Morgan fingerprint density at radius 1 is 0.938 bits per heavy atom. The van der Waals surface area contributed by atoms with Gasteiger partial charge in [0.05, 0.1) is 0 Å². The molecule has 0 aliphatic heterocycles. The van der Waals surface area contributed by atoms with E-state index in [1.54, 1.807) is 0 Å². The summed E-state index contributed by atoms with van der Waals surface area (Å²) in [7, 11) is 2.18. The van der Waals surface area contributed by atoms with Crippen molar-refractivity contribution < 1.29 is 19.8 Å². The first-order valence-electron chi connectivity index (χ1n) is 10.4.